The fourth-order valence-electron chi connectivity index (χ4n) is 2.38. The third-order valence-electron chi connectivity index (χ3n) is 3.82. The molecule has 0 saturated heterocycles. The molecule has 0 atom stereocenters. The normalized spacial score (nSPS) is 10.6. The molecule has 1 amide bonds. The number of nitro groups is 1. The Labute approximate surface area is 166 Å². The van der Waals surface area contributed by atoms with Crippen molar-refractivity contribution in [3.63, 3.8) is 0 Å². The first-order valence-electron chi connectivity index (χ1n) is 8.19. The molecule has 0 unspecified atom stereocenters. The van der Waals surface area contributed by atoms with Crippen LogP contribution in [0.2, 0.25) is 0 Å². The Kier molecular flexibility index (Phi) is 5.83. The maximum atomic E-state index is 12.0. The molecule has 0 aliphatic heterocycles. The van der Waals surface area contributed by atoms with Crippen molar-refractivity contribution in [2.45, 2.75) is 19.6 Å². The van der Waals surface area contributed by atoms with Crippen LogP contribution in [0.15, 0.2) is 44.9 Å². The van der Waals surface area contributed by atoms with Crippen LogP contribution < -0.4 is 11.5 Å². The number of carbonyl (C=O) groups excluding carboxylic acids is 2. The van der Waals surface area contributed by atoms with Gasteiger partial charge < -0.3 is 14.9 Å². The van der Waals surface area contributed by atoms with Crippen LogP contribution in [-0.4, -0.2) is 26.6 Å². The summed E-state index contributed by atoms with van der Waals surface area (Å²) in [6, 6.07) is 7.14. The minimum absolute atomic E-state index is 0.0290. The number of aromatic nitrogens is 2. The Bertz CT molecular complexity index is 1120. The largest absolute Gasteiger partial charge is 0.460 e. The van der Waals surface area contributed by atoms with Gasteiger partial charge in [-0.25, -0.2) is 4.79 Å². The third-order valence-corrected chi connectivity index (χ3v) is 4.68. The highest BCUT2D eigenvalue weighted by atomic mass is 32.1. The number of amides is 1. The molecule has 2 N–H and O–H groups in total. The lowest BCUT2D eigenvalue weighted by molar-refractivity contribution is -0.385. The number of thiophene rings is 1. The molecule has 0 spiro atoms. The van der Waals surface area contributed by atoms with Crippen LogP contribution in [0.25, 0.3) is 10.8 Å². The van der Waals surface area contributed by atoms with Crippen molar-refractivity contribution >= 4 is 28.9 Å². The first kappa shape index (κ1) is 19.9. The number of nitrogens with two attached hydrogens (primary N) is 1. The third kappa shape index (κ3) is 4.73. The molecule has 0 aliphatic carbocycles. The summed E-state index contributed by atoms with van der Waals surface area (Å²) in [5, 5.41) is 17.0. The van der Waals surface area contributed by atoms with Crippen molar-refractivity contribution in [1.82, 2.24) is 9.78 Å². The highest BCUT2D eigenvalue weighted by Gasteiger charge is 2.18. The first-order chi connectivity index (χ1) is 13.8. The molecule has 1 aromatic carbocycles. The van der Waals surface area contributed by atoms with E-state index in [1.807, 2.05) is 0 Å². The summed E-state index contributed by atoms with van der Waals surface area (Å²) in [7, 11) is 0. The van der Waals surface area contributed by atoms with Crippen LogP contribution in [0.4, 0.5) is 5.69 Å². The van der Waals surface area contributed by atoms with Gasteiger partial charge in [0, 0.05) is 11.6 Å². The first-order valence-corrected chi connectivity index (χ1v) is 9.07. The smallest absolute Gasteiger partial charge is 0.437 e. The minimum atomic E-state index is -0.809. The summed E-state index contributed by atoms with van der Waals surface area (Å²) in [5.74, 6) is -2.05. The summed E-state index contributed by atoms with van der Waals surface area (Å²) in [4.78, 5) is 46.0. The van der Waals surface area contributed by atoms with Crippen molar-refractivity contribution in [2.75, 3.05) is 0 Å². The van der Waals surface area contributed by atoms with E-state index in [0.717, 1.165) is 10.7 Å². The van der Waals surface area contributed by atoms with Gasteiger partial charge in [-0.2, -0.15) is 4.68 Å². The fraction of sp³-hybridized carbons (Fsp3) is 0.176. The average molecular weight is 418 g/mol. The van der Waals surface area contributed by atoms with Gasteiger partial charge in [0.15, 0.2) is 0 Å². The molecule has 12 heteroatoms. The topological polar surface area (TPSA) is 161 Å². The second-order valence-corrected chi connectivity index (χ2v) is 6.70. The molecule has 0 saturated carbocycles. The monoisotopic (exact) mass is 418 g/mol. The summed E-state index contributed by atoms with van der Waals surface area (Å²) in [6.45, 7) is -0.447. The number of carbonyl (C=O) groups is 2. The van der Waals surface area contributed by atoms with E-state index < -0.39 is 22.6 Å². The summed E-state index contributed by atoms with van der Waals surface area (Å²) in [6.07, 6.45) is -0.191. The predicted octanol–water partition coefficient (Wildman–Crippen LogP) is 1.71. The van der Waals surface area contributed by atoms with Gasteiger partial charge in [0.2, 0.25) is 5.91 Å². The number of ether oxygens (including phenoxy) is 1. The van der Waals surface area contributed by atoms with Crippen LogP contribution in [0.3, 0.4) is 0 Å². The van der Waals surface area contributed by atoms with Crippen molar-refractivity contribution in [3.05, 3.63) is 67.5 Å². The van der Waals surface area contributed by atoms with Gasteiger partial charge >= 0.3 is 11.7 Å². The van der Waals surface area contributed by atoms with Gasteiger partial charge in [-0.3, -0.25) is 19.7 Å². The van der Waals surface area contributed by atoms with Gasteiger partial charge in [-0.1, -0.05) is 6.07 Å². The number of hydrogen-bond acceptors (Lipinski definition) is 9. The van der Waals surface area contributed by atoms with Gasteiger partial charge in [0.25, 0.3) is 11.6 Å². The maximum absolute atomic E-state index is 12.0. The van der Waals surface area contributed by atoms with Crippen molar-refractivity contribution in [2.24, 2.45) is 5.73 Å². The van der Waals surface area contributed by atoms with Crippen molar-refractivity contribution in [3.8, 4) is 10.8 Å². The van der Waals surface area contributed by atoms with Crippen molar-refractivity contribution < 1.29 is 23.7 Å². The van der Waals surface area contributed by atoms with Crippen LogP contribution >= 0.6 is 11.3 Å². The molecule has 0 bridgehead atoms. The second kappa shape index (κ2) is 8.48. The lowest BCUT2D eigenvalue weighted by Gasteiger charge is -2.06. The maximum Gasteiger partial charge on any atom is 0.437 e. The highest BCUT2D eigenvalue weighted by molar-refractivity contribution is 7.13. The van der Waals surface area contributed by atoms with Gasteiger partial charge in [0.05, 0.1) is 28.3 Å². The SMILES string of the molecule is NC(=O)c1ccc(COC(=O)CCn2nc(-c3cccs3)oc2=O)c([N+](=O)[O-])c1. The van der Waals surface area contributed by atoms with Crippen molar-refractivity contribution in [1.29, 1.82) is 0 Å². The standard InChI is InChI=1S/C17H14N4O7S/c18-15(23)10-3-4-11(12(8-10)21(25)26)9-27-14(22)5-6-20-17(24)28-16(19-20)13-2-1-7-29-13/h1-4,7-8H,5-6,9H2,(H2,18,23). The zero-order chi connectivity index (χ0) is 21.0. The number of primary amides is 1. The minimum Gasteiger partial charge on any atom is -0.460 e. The van der Waals surface area contributed by atoms with E-state index in [1.165, 1.54) is 23.5 Å². The van der Waals surface area contributed by atoms with E-state index in [9.17, 15) is 24.5 Å². The van der Waals surface area contributed by atoms with Gasteiger partial charge in [0.1, 0.15) is 6.61 Å². The molecule has 2 aromatic heterocycles. The Hall–Kier alpha value is -3.80. The van der Waals surface area contributed by atoms with Crippen LogP contribution in [0.5, 0.6) is 0 Å². The van der Waals surface area contributed by atoms with E-state index in [2.05, 4.69) is 5.10 Å². The molecule has 2 heterocycles. The quantitative estimate of drug-likeness (QED) is 0.328. The van der Waals surface area contributed by atoms with Gasteiger partial charge in [-0.05, 0) is 23.6 Å². The molecular formula is C17H14N4O7S. The number of hydrogen-bond donors (Lipinski definition) is 1. The lowest BCUT2D eigenvalue weighted by Crippen LogP contribution is -2.19. The van der Waals surface area contributed by atoms with E-state index in [4.69, 9.17) is 14.9 Å². The molecule has 3 rings (SSSR count). The Morgan fingerprint density at radius 1 is 1.34 bits per heavy atom. The Balaban J connectivity index is 1.60. The van der Waals surface area contributed by atoms with E-state index >= 15 is 0 Å². The number of rotatable bonds is 8. The molecule has 3 aromatic rings. The molecule has 0 fully saturated rings. The number of esters is 1. The summed E-state index contributed by atoms with van der Waals surface area (Å²) >= 11 is 1.35. The predicted molar refractivity (Wildman–Crippen MR) is 100 cm³/mol. The average Bonchev–Trinajstić information content (AvgIpc) is 3.34. The Morgan fingerprint density at radius 2 is 2.14 bits per heavy atom. The molecule has 0 aliphatic rings. The highest BCUT2D eigenvalue weighted by Crippen LogP contribution is 2.22. The van der Waals surface area contributed by atoms with E-state index in [1.54, 1.807) is 17.5 Å². The number of nitrogens with zero attached hydrogens (tertiary/aromatic N) is 3. The fourth-order valence-corrected chi connectivity index (χ4v) is 3.03. The molecule has 29 heavy (non-hydrogen) atoms. The van der Waals surface area contributed by atoms with Crippen LogP contribution in [-0.2, 0) is 22.7 Å². The molecular weight excluding hydrogens is 404 g/mol. The molecule has 150 valence electrons. The zero-order valence-corrected chi connectivity index (χ0v) is 15.6. The summed E-state index contributed by atoms with van der Waals surface area (Å²) in [5.41, 5.74) is 4.80. The summed E-state index contributed by atoms with van der Waals surface area (Å²) < 4.78 is 11.1. The van der Waals surface area contributed by atoms with E-state index in [0.29, 0.717) is 4.88 Å². The number of benzene rings is 1. The number of nitro benzene ring substituents is 1. The Morgan fingerprint density at radius 3 is 2.79 bits per heavy atom. The molecule has 11 nitrogen and oxygen atoms in total. The lowest BCUT2D eigenvalue weighted by atomic mass is 10.1. The number of aryl methyl sites for hydroxylation is 1. The van der Waals surface area contributed by atoms with Crippen LogP contribution in [0, 0.1) is 10.1 Å². The van der Waals surface area contributed by atoms with Crippen LogP contribution in [0.1, 0.15) is 22.3 Å². The zero-order valence-electron chi connectivity index (χ0n) is 14.8. The van der Waals surface area contributed by atoms with E-state index in [-0.39, 0.29) is 42.3 Å². The van der Waals surface area contributed by atoms with Gasteiger partial charge in [-0.15, -0.1) is 16.4 Å². The molecule has 0 radical (unpaired) electrons. The second-order valence-electron chi connectivity index (χ2n) is 5.75.